The van der Waals surface area contributed by atoms with Gasteiger partial charge in [0.2, 0.25) is 0 Å². The number of para-hydroxylation sites is 1. The summed E-state index contributed by atoms with van der Waals surface area (Å²) in [4.78, 5) is 13.3. The van der Waals surface area contributed by atoms with Crippen molar-refractivity contribution in [1.29, 1.82) is 0 Å². The first-order valence-corrected chi connectivity index (χ1v) is 11.4. The highest BCUT2D eigenvalue weighted by atomic mass is 16.5. The van der Waals surface area contributed by atoms with Crippen LogP contribution >= 0.6 is 0 Å². The number of hydrogen-bond acceptors (Lipinski definition) is 6. The van der Waals surface area contributed by atoms with Crippen LogP contribution in [0.3, 0.4) is 0 Å². The molecule has 8 nitrogen and oxygen atoms in total. The van der Waals surface area contributed by atoms with Gasteiger partial charge in [-0.15, -0.1) is 0 Å². The summed E-state index contributed by atoms with van der Waals surface area (Å²) in [5.74, 6) is 2.37. The molecule has 3 aromatic carbocycles. The Morgan fingerprint density at radius 3 is 2.25 bits per heavy atom. The summed E-state index contributed by atoms with van der Waals surface area (Å²) in [7, 11) is 6.39. The van der Waals surface area contributed by atoms with E-state index in [2.05, 4.69) is 5.32 Å². The zero-order valence-electron chi connectivity index (χ0n) is 20.8. The highest BCUT2D eigenvalue weighted by Gasteiger charge is 2.20. The largest absolute Gasteiger partial charge is 0.497 e. The third-order valence-corrected chi connectivity index (χ3v) is 5.77. The summed E-state index contributed by atoms with van der Waals surface area (Å²) in [6, 6.07) is 22.5. The third-order valence-electron chi connectivity index (χ3n) is 5.77. The van der Waals surface area contributed by atoms with Crippen LogP contribution < -0.4 is 24.3 Å². The van der Waals surface area contributed by atoms with Crippen LogP contribution in [0.15, 0.2) is 72.8 Å². The van der Waals surface area contributed by atoms with E-state index in [1.54, 1.807) is 45.3 Å². The van der Waals surface area contributed by atoms with Crippen LogP contribution in [-0.2, 0) is 6.42 Å². The average molecular weight is 488 g/mol. The first-order valence-electron chi connectivity index (χ1n) is 11.4. The Labute approximate surface area is 210 Å². The maximum atomic E-state index is 13.3. The van der Waals surface area contributed by atoms with Crippen molar-refractivity contribution in [2.45, 2.75) is 6.42 Å². The molecular formula is C28H29N3O5. The van der Waals surface area contributed by atoms with Crippen LogP contribution in [0.25, 0.3) is 16.9 Å². The smallest absolute Gasteiger partial charge is 0.270 e. The van der Waals surface area contributed by atoms with E-state index < -0.39 is 0 Å². The van der Waals surface area contributed by atoms with Gasteiger partial charge in [0, 0.05) is 18.2 Å². The number of carbonyl (C=O) groups is 1. The van der Waals surface area contributed by atoms with E-state index in [-0.39, 0.29) is 5.91 Å². The van der Waals surface area contributed by atoms with Crippen molar-refractivity contribution in [3.63, 3.8) is 0 Å². The minimum Gasteiger partial charge on any atom is -0.497 e. The molecular weight excluding hydrogens is 458 g/mol. The lowest BCUT2D eigenvalue weighted by Gasteiger charge is -2.11. The van der Waals surface area contributed by atoms with E-state index in [4.69, 9.17) is 24.0 Å². The number of amides is 1. The van der Waals surface area contributed by atoms with Crippen LogP contribution in [0, 0.1) is 0 Å². The zero-order chi connectivity index (χ0) is 25.5. The van der Waals surface area contributed by atoms with E-state index in [0.717, 1.165) is 16.8 Å². The van der Waals surface area contributed by atoms with Crippen molar-refractivity contribution in [3.8, 4) is 39.9 Å². The number of carbonyl (C=O) groups excluding carboxylic acids is 1. The maximum Gasteiger partial charge on any atom is 0.270 e. The number of methoxy groups -OCH3 is 4. The van der Waals surface area contributed by atoms with Crippen LogP contribution in [0.4, 0.5) is 0 Å². The van der Waals surface area contributed by atoms with Crippen molar-refractivity contribution >= 4 is 5.91 Å². The van der Waals surface area contributed by atoms with Gasteiger partial charge in [-0.05, 0) is 54.4 Å². The minimum atomic E-state index is -0.231. The monoisotopic (exact) mass is 487 g/mol. The molecule has 4 aromatic rings. The average Bonchev–Trinajstić information content (AvgIpc) is 3.38. The van der Waals surface area contributed by atoms with Crippen LogP contribution in [-0.4, -0.2) is 50.7 Å². The van der Waals surface area contributed by atoms with Crippen molar-refractivity contribution < 1.29 is 23.7 Å². The molecule has 0 spiro atoms. The summed E-state index contributed by atoms with van der Waals surface area (Å²) < 4.78 is 23.2. The molecule has 0 saturated heterocycles. The number of rotatable bonds is 10. The maximum absolute atomic E-state index is 13.3. The summed E-state index contributed by atoms with van der Waals surface area (Å²) in [6.07, 6.45) is 0.630. The van der Waals surface area contributed by atoms with Crippen molar-refractivity contribution in [3.05, 3.63) is 84.1 Å². The Balaban J connectivity index is 1.59. The van der Waals surface area contributed by atoms with E-state index in [0.29, 0.717) is 47.4 Å². The van der Waals surface area contributed by atoms with Crippen molar-refractivity contribution in [1.82, 2.24) is 15.1 Å². The molecule has 0 saturated carbocycles. The van der Waals surface area contributed by atoms with E-state index >= 15 is 0 Å². The van der Waals surface area contributed by atoms with Gasteiger partial charge in [-0.3, -0.25) is 4.79 Å². The van der Waals surface area contributed by atoms with E-state index in [9.17, 15) is 4.79 Å². The minimum absolute atomic E-state index is 0.231. The number of hydrogen-bond donors (Lipinski definition) is 1. The quantitative estimate of drug-likeness (QED) is 0.353. The standard InChI is InChI=1S/C28H29N3O5/c1-33-21-11-12-22(26(17-21)35-3)23-18-24(31(30-23)20-8-6-5-7-9-20)28(32)29-15-14-19-10-13-25(34-2)27(16-19)36-4/h5-13,16-18H,14-15H2,1-4H3,(H,29,32). The topological polar surface area (TPSA) is 83.8 Å². The van der Waals surface area contributed by atoms with E-state index in [1.807, 2.05) is 60.7 Å². The second kappa shape index (κ2) is 11.3. The van der Waals surface area contributed by atoms with Gasteiger partial charge >= 0.3 is 0 Å². The number of aromatic nitrogens is 2. The molecule has 0 aliphatic carbocycles. The fourth-order valence-corrected chi connectivity index (χ4v) is 3.90. The number of ether oxygens (including phenoxy) is 4. The summed E-state index contributed by atoms with van der Waals surface area (Å²) >= 11 is 0. The molecule has 1 amide bonds. The number of nitrogens with one attached hydrogen (secondary N) is 1. The predicted molar refractivity (Wildman–Crippen MR) is 138 cm³/mol. The Morgan fingerprint density at radius 2 is 1.56 bits per heavy atom. The molecule has 1 aromatic heterocycles. The molecule has 8 heteroatoms. The molecule has 36 heavy (non-hydrogen) atoms. The molecule has 1 heterocycles. The summed E-state index contributed by atoms with van der Waals surface area (Å²) in [5.41, 5.74) is 3.59. The highest BCUT2D eigenvalue weighted by molar-refractivity contribution is 5.94. The SMILES string of the molecule is COc1ccc(-c2cc(C(=O)NCCc3ccc(OC)c(OC)c3)n(-c3ccccc3)n2)c(OC)c1. The molecule has 1 N–H and O–H groups in total. The Kier molecular flexibility index (Phi) is 7.75. The van der Waals surface area contributed by atoms with Gasteiger partial charge in [0.15, 0.2) is 11.5 Å². The Morgan fingerprint density at radius 1 is 0.806 bits per heavy atom. The number of benzene rings is 3. The lowest BCUT2D eigenvalue weighted by molar-refractivity contribution is 0.0946. The highest BCUT2D eigenvalue weighted by Crippen LogP contribution is 2.33. The van der Waals surface area contributed by atoms with Gasteiger partial charge in [0.05, 0.1) is 39.8 Å². The fourth-order valence-electron chi connectivity index (χ4n) is 3.90. The number of nitrogens with zero attached hydrogens (tertiary/aromatic N) is 2. The van der Waals surface area contributed by atoms with Gasteiger partial charge < -0.3 is 24.3 Å². The van der Waals surface area contributed by atoms with Crippen LogP contribution in [0.5, 0.6) is 23.0 Å². The molecule has 0 aliphatic heterocycles. The molecule has 0 unspecified atom stereocenters. The zero-order valence-corrected chi connectivity index (χ0v) is 20.8. The van der Waals surface area contributed by atoms with Gasteiger partial charge in [-0.25, -0.2) is 4.68 Å². The van der Waals surface area contributed by atoms with Crippen molar-refractivity contribution in [2.75, 3.05) is 35.0 Å². The first kappa shape index (κ1) is 24.7. The second-order valence-electron chi connectivity index (χ2n) is 7.92. The molecule has 0 atom stereocenters. The van der Waals surface area contributed by atoms with Crippen molar-refractivity contribution in [2.24, 2.45) is 0 Å². The predicted octanol–water partition coefficient (Wildman–Crippen LogP) is 4.55. The van der Waals surface area contributed by atoms with Gasteiger partial charge in [-0.1, -0.05) is 24.3 Å². The van der Waals surface area contributed by atoms with Gasteiger partial charge in [-0.2, -0.15) is 5.10 Å². The first-order chi connectivity index (χ1) is 17.6. The van der Waals surface area contributed by atoms with Gasteiger partial charge in [0.1, 0.15) is 17.2 Å². The van der Waals surface area contributed by atoms with Crippen LogP contribution in [0.1, 0.15) is 16.1 Å². The van der Waals surface area contributed by atoms with Gasteiger partial charge in [0.25, 0.3) is 5.91 Å². The molecule has 0 fully saturated rings. The molecule has 186 valence electrons. The molecule has 0 bridgehead atoms. The summed E-state index contributed by atoms with van der Waals surface area (Å²) in [5, 5.41) is 7.76. The summed E-state index contributed by atoms with van der Waals surface area (Å²) in [6.45, 7) is 0.440. The third kappa shape index (κ3) is 5.27. The Bertz CT molecular complexity index is 1330. The second-order valence-corrected chi connectivity index (χ2v) is 7.92. The lowest BCUT2D eigenvalue weighted by Crippen LogP contribution is -2.27. The van der Waals surface area contributed by atoms with Crippen LogP contribution in [0.2, 0.25) is 0 Å². The normalized spacial score (nSPS) is 10.6. The molecule has 0 radical (unpaired) electrons. The molecule has 4 rings (SSSR count). The van der Waals surface area contributed by atoms with E-state index in [1.165, 1.54) is 0 Å². The fraction of sp³-hybridized carbons (Fsp3) is 0.214. The Hall–Kier alpha value is -4.46. The lowest BCUT2D eigenvalue weighted by atomic mass is 10.1. The molecule has 0 aliphatic rings.